The van der Waals surface area contributed by atoms with Gasteiger partial charge in [0.1, 0.15) is 18.2 Å². The summed E-state index contributed by atoms with van der Waals surface area (Å²) in [6.45, 7) is 2.68. The van der Waals surface area contributed by atoms with E-state index in [0.29, 0.717) is 18.1 Å². The fourth-order valence-electron chi connectivity index (χ4n) is 1.67. The highest BCUT2D eigenvalue weighted by atomic mass is 16.5. The van der Waals surface area contributed by atoms with Crippen molar-refractivity contribution in [2.45, 2.75) is 19.4 Å². The lowest BCUT2D eigenvalue weighted by atomic mass is 10.1. The SMILES string of the molecule is CCCOc1ccccc1C(O)c1ccncn1. The Bertz CT molecular complexity index is 488. The molecule has 0 aliphatic rings. The molecule has 1 unspecified atom stereocenters. The van der Waals surface area contributed by atoms with Gasteiger partial charge in [-0.05, 0) is 18.6 Å². The van der Waals surface area contributed by atoms with Gasteiger partial charge in [0.15, 0.2) is 0 Å². The van der Waals surface area contributed by atoms with Crippen LogP contribution >= 0.6 is 0 Å². The number of ether oxygens (including phenoxy) is 1. The second-order valence-electron chi connectivity index (χ2n) is 3.92. The molecule has 2 rings (SSSR count). The Balaban J connectivity index is 2.27. The van der Waals surface area contributed by atoms with E-state index in [2.05, 4.69) is 9.97 Å². The van der Waals surface area contributed by atoms with Crippen molar-refractivity contribution < 1.29 is 9.84 Å². The van der Waals surface area contributed by atoms with Crippen molar-refractivity contribution in [1.29, 1.82) is 0 Å². The van der Waals surface area contributed by atoms with E-state index in [1.807, 2.05) is 31.2 Å². The molecule has 1 N–H and O–H groups in total. The molecule has 0 saturated carbocycles. The first-order valence-corrected chi connectivity index (χ1v) is 5.98. The molecule has 0 fully saturated rings. The van der Waals surface area contributed by atoms with Crippen LogP contribution < -0.4 is 4.74 Å². The summed E-state index contributed by atoms with van der Waals surface area (Å²) in [6.07, 6.45) is 3.17. The Morgan fingerprint density at radius 3 is 2.83 bits per heavy atom. The summed E-state index contributed by atoms with van der Waals surface area (Å²) >= 11 is 0. The van der Waals surface area contributed by atoms with Crippen molar-refractivity contribution in [3.63, 3.8) is 0 Å². The van der Waals surface area contributed by atoms with E-state index in [1.54, 1.807) is 12.3 Å². The lowest BCUT2D eigenvalue weighted by Gasteiger charge is -2.15. The number of aromatic nitrogens is 2. The predicted molar refractivity (Wildman–Crippen MR) is 68.3 cm³/mol. The zero-order valence-electron chi connectivity index (χ0n) is 10.3. The van der Waals surface area contributed by atoms with Crippen molar-refractivity contribution in [2.75, 3.05) is 6.61 Å². The maximum atomic E-state index is 10.3. The third-order valence-electron chi connectivity index (χ3n) is 2.56. The van der Waals surface area contributed by atoms with Crippen LogP contribution in [0.4, 0.5) is 0 Å². The molecule has 0 radical (unpaired) electrons. The second-order valence-corrected chi connectivity index (χ2v) is 3.92. The lowest BCUT2D eigenvalue weighted by Crippen LogP contribution is -2.06. The van der Waals surface area contributed by atoms with Crippen LogP contribution in [0.25, 0.3) is 0 Å². The van der Waals surface area contributed by atoms with E-state index < -0.39 is 6.10 Å². The molecule has 0 saturated heterocycles. The van der Waals surface area contributed by atoms with Crippen LogP contribution in [-0.4, -0.2) is 21.7 Å². The van der Waals surface area contributed by atoms with Crippen molar-refractivity contribution >= 4 is 0 Å². The zero-order valence-corrected chi connectivity index (χ0v) is 10.3. The molecule has 0 bridgehead atoms. The van der Waals surface area contributed by atoms with Crippen molar-refractivity contribution in [3.8, 4) is 5.75 Å². The molecule has 1 heterocycles. The number of benzene rings is 1. The molecule has 1 aromatic carbocycles. The third kappa shape index (κ3) is 2.84. The van der Waals surface area contributed by atoms with Gasteiger partial charge in [-0.1, -0.05) is 25.1 Å². The van der Waals surface area contributed by atoms with Crippen LogP contribution in [0.5, 0.6) is 5.75 Å². The Hall–Kier alpha value is -1.94. The van der Waals surface area contributed by atoms with Gasteiger partial charge >= 0.3 is 0 Å². The first-order valence-electron chi connectivity index (χ1n) is 5.98. The summed E-state index contributed by atoms with van der Waals surface area (Å²) in [4.78, 5) is 7.90. The summed E-state index contributed by atoms with van der Waals surface area (Å²) in [5.74, 6) is 0.700. The number of para-hydroxylation sites is 1. The molecule has 2 aromatic rings. The Labute approximate surface area is 106 Å². The minimum absolute atomic E-state index is 0.567. The van der Waals surface area contributed by atoms with E-state index in [0.717, 1.165) is 12.0 Å². The maximum Gasteiger partial charge on any atom is 0.125 e. The highest BCUT2D eigenvalue weighted by Crippen LogP contribution is 2.28. The van der Waals surface area contributed by atoms with Crippen LogP contribution in [0.15, 0.2) is 42.9 Å². The van der Waals surface area contributed by atoms with Crippen molar-refractivity contribution in [3.05, 3.63) is 54.1 Å². The minimum atomic E-state index is -0.791. The van der Waals surface area contributed by atoms with E-state index in [9.17, 15) is 5.11 Å². The number of hydrogen-bond donors (Lipinski definition) is 1. The van der Waals surface area contributed by atoms with E-state index in [1.165, 1.54) is 6.33 Å². The molecule has 18 heavy (non-hydrogen) atoms. The smallest absolute Gasteiger partial charge is 0.125 e. The number of rotatable bonds is 5. The molecule has 4 nitrogen and oxygen atoms in total. The van der Waals surface area contributed by atoms with Gasteiger partial charge in [0.25, 0.3) is 0 Å². The Kier molecular flexibility index (Phi) is 4.25. The highest BCUT2D eigenvalue weighted by molar-refractivity contribution is 5.38. The van der Waals surface area contributed by atoms with E-state index >= 15 is 0 Å². The molecule has 0 aliphatic heterocycles. The van der Waals surface area contributed by atoms with Gasteiger partial charge < -0.3 is 9.84 Å². The largest absolute Gasteiger partial charge is 0.493 e. The average molecular weight is 244 g/mol. The van der Waals surface area contributed by atoms with Crippen LogP contribution in [0, 0.1) is 0 Å². The molecule has 1 atom stereocenters. The van der Waals surface area contributed by atoms with E-state index in [-0.39, 0.29) is 0 Å². The predicted octanol–water partition coefficient (Wildman–Crippen LogP) is 2.35. The molecule has 4 heteroatoms. The number of hydrogen-bond acceptors (Lipinski definition) is 4. The molecule has 94 valence electrons. The summed E-state index contributed by atoms with van der Waals surface area (Å²) < 4.78 is 5.63. The van der Waals surface area contributed by atoms with Crippen molar-refractivity contribution in [1.82, 2.24) is 9.97 Å². The fourth-order valence-corrected chi connectivity index (χ4v) is 1.67. The lowest BCUT2D eigenvalue weighted by molar-refractivity contribution is 0.206. The van der Waals surface area contributed by atoms with Gasteiger partial charge in [-0.3, -0.25) is 0 Å². The first-order chi connectivity index (χ1) is 8.83. The van der Waals surface area contributed by atoms with Gasteiger partial charge in [-0.15, -0.1) is 0 Å². The molecular weight excluding hydrogens is 228 g/mol. The summed E-state index contributed by atoms with van der Waals surface area (Å²) in [5.41, 5.74) is 1.29. The van der Waals surface area contributed by atoms with E-state index in [4.69, 9.17) is 4.74 Å². The molecular formula is C14H16N2O2. The van der Waals surface area contributed by atoms with Crippen LogP contribution in [0.2, 0.25) is 0 Å². The molecule has 0 amide bonds. The Morgan fingerprint density at radius 1 is 1.28 bits per heavy atom. The van der Waals surface area contributed by atoms with Gasteiger partial charge in [0, 0.05) is 11.8 Å². The monoisotopic (exact) mass is 244 g/mol. The number of aliphatic hydroxyl groups is 1. The fraction of sp³-hybridized carbons (Fsp3) is 0.286. The maximum absolute atomic E-state index is 10.3. The summed E-state index contributed by atoms with van der Waals surface area (Å²) in [6, 6.07) is 9.16. The number of nitrogens with zero attached hydrogens (tertiary/aromatic N) is 2. The summed E-state index contributed by atoms with van der Waals surface area (Å²) in [5, 5.41) is 10.3. The topological polar surface area (TPSA) is 55.2 Å². The first kappa shape index (κ1) is 12.5. The normalized spacial score (nSPS) is 12.1. The summed E-state index contributed by atoms with van der Waals surface area (Å²) in [7, 11) is 0. The Morgan fingerprint density at radius 2 is 2.11 bits per heavy atom. The molecule has 1 aromatic heterocycles. The van der Waals surface area contributed by atoms with Gasteiger partial charge in [0.2, 0.25) is 0 Å². The van der Waals surface area contributed by atoms with Crippen LogP contribution in [0.3, 0.4) is 0 Å². The molecule has 0 aliphatic carbocycles. The third-order valence-corrected chi connectivity index (χ3v) is 2.56. The molecule has 0 spiro atoms. The average Bonchev–Trinajstić information content (AvgIpc) is 2.45. The van der Waals surface area contributed by atoms with Crippen LogP contribution in [0.1, 0.15) is 30.7 Å². The van der Waals surface area contributed by atoms with Gasteiger partial charge in [-0.25, -0.2) is 9.97 Å². The van der Waals surface area contributed by atoms with Gasteiger partial charge in [-0.2, -0.15) is 0 Å². The quantitative estimate of drug-likeness (QED) is 0.877. The standard InChI is InChI=1S/C14H16N2O2/c1-2-9-18-13-6-4-3-5-11(13)14(17)12-7-8-15-10-16-12/h3-8,10,14,17H,2,9H2,1H3. The van der Waals surface area contributed by atoms with Crippen LogP contribution in [-0.2, 0) is 0 Å². The number of aliphatic hydroxyl groups excluding tert-OH is 1. The van der Waals surface area contributed by atoms with Gasteiger partial charge in [0.05, 0.1) is 12.3 Å². The second kappa shape index (κ2) is 6.12. The zero-order chi connectivity index (χ0) is 12.8. The highest BCUT2D eigenvalue weighted by Gasteiger charge is 2.16. The minimum Gasteiger partial charge on any atom is -0.493 e. The van der Waals surface area contributed by atoms with Crippen molar-refractivity contribution in [2.24, 2.45) is 0 Å².